The van der Waals surface area contributed by atoms with Crippen molar-refractivity contribution >= 4 is 23.2 Å². The molecule has 0 saturated heterocycles. The number of non-ortho nitro benzene ring substituents is 1. The van der Waals surface area contributed by atoms with Crippen molar-refractivity contribution in [2.45, 2.75) is 6.43 Å². The minimum atomic E-state index is -2.79. The lowest BCUT2D eigenvalue weighted by Crippen LogP contribution is -2.36. The first-order valence-electron chi connectivity index (χ1n) is 5.43. The molecule has 0 aliphatic heterocycles. The molecule has 0 aliphatic rings. The van der Waals surface area contributed by atoms with Crippen molar-refractivity contribution in [1.82, 2.24) is 4.90 Å². The van der Waals surface area contributed by atoms with Crippen LogP contribution in [0.2, 0.25) is 0 Å². The van der Waals surface area contributed by atoms with Gasteiger partial charge in [0.05, 0.1) is 17.5 Å². The molecule has 0 unspecified atom stereocenters. The van der Waals surface area contributed by atoms with Crippen LogP contribution in [-0.2, 0) is 0 Å². The molecule has 1 aromatic rings. The smallest absolute Gasteiger partial charge is 0.273 e. The third-order valence-electron chi connectivity index (χ3n) is 2.34. The molecule has 0 N–H and O–H groups in total. The highest BCUT2D eigenvalue weighted by atomic mass is 35.5. The number of nitrogens with zero attached hydrogens (tertiary/aromatic N) is 2. The number of nitro groups is 1. The molecule has 0 fully saturated rings. The molecule has 1 amide bonds. The van der Waals surface area contributed by atoms with Gasteiger partial charge >= 0.3 is 0 Å². The standard InChI is InChI=1S/C11H10ClF3N2O3/c12-1-2-16(6-10(14)15)11(18)7-3-8(13)5-9(4-7)17(19)20/h3-5,10H,1-2,6H2. The van der Waals surface area contributed by atoms with E-state index in [1.807, 2.05) is 0 Å². The second-order valence-electron chi connectivity index (χ2n) is 3.79. The molecule has 0 heterocycles. The highest BCUT2D eigenvalue weighted by Crippen LogP contribution is 2.18. The van der Waals surface area contributed by atoms with E-state index >= 15 is 0 Å². The SMILES string of the molecule is O=C(c1cc(F)cc([N+](=O)[O-])c1)N(CCCl)CC(F)F. The molecule has 0 aromatic heterocycles. The normalized spacial score (nSPS) is 10.7. The van der Waals surface area contributed by atoms with Crippen molar-refractivity contribution in [3.63, 3.8) is 0 Å². The molecular weight excluding hydrogens is 301 g/mol. The van der Waals surface area contributed by atoms with Gasteiger partial charge in [0.25, 0.3) is 18.0 Å². The van der Waals surface area contributed by atoms with E-state index in [1.54, 1.807) is 0 Å². The Kier molecular flexibility index (Phi) is 5.75. The van der Waals surface area contributed by atoms with Gasteiger partial charge in [-0.05, 0) is 6.07 Å². The van der Waals surface area contributed by atoms with Crippen LogP contribution in [0.5, 0.6) is 0 Å². The van der Waals surface area contributed by atoms with E-state index in [2.05, 4.69) is 0 Å². The average molecular weight is 311 g/mol. The quantitative estimate of drug-likeness (QED) is 0.461. The fourth-order valence-corrected chi connectivity index (χ4v) is 1.73. The molecule has 9 heteroatoms. The summed E-state index contributed by atoms with van der Waals surface area (Å²) in [6, 6.07) is 2.22. The number of benzene rings is 1. The molecular formula is C11H10ClF3N2O3. The van der Waals surface area contributed by atoms with E-state index in [1.165, 1.54) is 0 Å². The Bertz CT molecular complexity index is 514. The molecule has 1 rings (SSSR count). The largest absolute Gasteiger partial charge is 0.332 e. The van der Waals surface area contributed by atoms with Crippen molar-refractivity contribution in [3.05, 3.63) is 39.7 Å². The molecule has 20 heavy (non-hydrogen) atoms. The number of carbonyl (C=O) groups excluding carboxylic acids is 1. The minimum absolute atomic E-state index is 0.0874. The third-order valence-corrected chi connectivity index (χ3v) is 2.51. The summed E-state index contributed by atoms with van der Waals surface area (Å²) in [6.45, 7) is -1.05. The van der Waals surface area contributed by atoms with Gasteiger partial charge < -0.3 is 4.90 Å². The van der Waals surface area contributed by atoms with Gasteiger partial charge in [-0.25, -0.2) is 13.2 Å². The van der Waals surface area contributed by atoms with Crippen LogP contribution in [0.4, 0.5) is 18.9 Å². The number of carbonyl (C=O) groups is 1. The first-order chi connectivity index (χ1) is 9.35. The molecule has 1 aromatic carbocycles. The third kappa shape index (κ3) is 4.37. The summed E-state index contributed by atoms with van der Waals surface area (Å²) < 4.78 is 37.9. The van der Waals surface area contributed by atoms with Crippen LogP contribution < -0.4 is 0 Å². The summed E-state index contributed by atoms with van der Waals surface area (Å²) in [5.41, 5.74) is -1.00. The Balaban J connectivity index is 3.07. The van der Waals surface area contributed by atoms with E-state index < -0.39 is 35.3 Å². The monoisotopic (exact) mass is 310 g/mol. The lowest BCUT2D eigenvalue weighted by Gasteiger charge is -2.21. The predicted molar refractivity (Wildman–Crippen MR) is 65.7 cm³/mol. The summed E-state index contributed by atoms with van der Waals surface area (Å²) >= 11 is 5.40. The minimum Gasteiger partial charge on any atom is -0.332 e. The molecule has 5 nitrogen and oxygen atoms in total. The molecule has 0 aliphatic carbocycles. The van der Waals surface area contributed by atoms with Crippen molar-refractivity contribution in [2.24, 2.45) is 0 Å². The van der Waals surface area contributed by atoms with Crippen LogP contribution in [0.15, 0.2) is 18.2 Å². The van der Waals surface area contributed by atoms with Crippen molar-refractivity contribution in [3.8, 4) is 0 Å². The van der Waals surface area contributed by atoms with Gasteiger partial charge in [0.2, 0.25) is 0 Å². The Labute approximate surface area is 117 Å². The summed E-state index contributed by atoms with van der Waals surface area (Å²) in [5.74, 6) is -2.02. The zero-order valence-corrected chi connectivity index (χ0v) is 10.8. The van der Waals surface area contributed by atoms with Crippen LogP contribution in [0, 0.1) is 15.9 Å². The lowest BCUT2D eigenvalue weighted by atomic mass is 10.1. The maximum atomic E-state index is 13.2. The van der Waals surface area contributed by atoms with Gasteiger partial charge in [-0.3, -0.25) is 14.9 Å². The van der Waals surface area contributed by atoms with Crippen molar-refractivity contribution in [1.29, 1.82) is 0 Å². The van der Waals surface area contributed by atoms with Gasteiger partial charge in [0, 0.05) is 24.1 Å². The van der Waals surface area contributed by atoms with Gasteiger partial charge in [-0.2, -0.15) is 0 Å². The molecule has 0 radical (unpaired) electrons. The van der Waals surface area contributed by atoms with Crippen molar-refractivity contribution in [2.75, 3.05) is 19.0 Å². The fourth-order valence-electron chi connectivity index (χ4n) is 1.53. The highest BCUT2D eigenvalue weighted by Gasteiger charge is 2.22. The number of alkyl halides is 3. The molecule has 0 atom stereocenters. The Morgan fingerprint density at radius 1 is 1.40 bits per heavy atom. The van der Waals surface area contributed by atoms with Gasteiger partial charge in [0.1, 0.15) is 5.82 Å². The van der Waals surface area contributed by atoms with E-state index in [0.29, 0.717) is 6.07 Å². The first kappa shape index (κ1) is 16.2. The number of halogens is 4. The van der Waals surface area contributed by atoms with Gasteiger partial charge in [-0.1, -0.05) is 0 Å². The van der Waals surface area contributed by atoms with Crippen LogP contribution in [-0.4, -0.2) is 41.1 Å². The maximum absolute atomic E-state index is 13.2. The topological polar surface area (TPSA) is 63.4 Å². The first-order valence-corrected chi connectivity index (χ1v) is 5.97. The predicted octanol–water partition coefficient (Wildman–Crippen LogP) is 2.68. The molecule has 110 valence electrons. The fraction of sp³-hybridized carbons (Fsp3) is 0.364. The molecule has 0 saturated carbocycles. The van der Waals surface area contributed by atoms with Crippen LogP contribution >= 0.6 is 11.6 Å². The number of amides is 1. The summed E-state index contributed by atoms with van der Waals surface area (Å²) in [7, 11) is 0. The Morgan fingerprint density at radius 2 is 2.05 bits per heavy atom. The van der Waals surface area contributed by atoms with Crippen LogP contribution in [0.1, 0.15) is 10.4 Å². The zero-order valence-electron chi connectivity index (χ0n) is 10.1. The Morgan fingerprint density at radius 3 is 2.55 bits per heavy atom. The molecule has 0 spiro atoms. The molecule has 0 bridgehead atoms. The summed E-state index contributed by atoms with van der Waals surface area (Å²) in [6.07, 6.45) is -2.79. The number of nitro benzene ring substituents is 1. The summed E-state index contributed by atoms with van der Waals surface area (Å²) in [5, 5.41) is 10.6. The van der Waals surface area contributed by atoms with Crippen LogP contribution in [0.25, 0.3) is 0 Å². The number of hydrogen-bond acceptors (Lipinski definition) is 3. The second kappa shape index (κ2) is 7.09. The average Bonchev–Trinajstić information content (AvgIpc) is 2.36. The van der Waals surface area contributed by atoms with Crippen LogP contribution in [0.3, 0.4) is 0 Å². The maximum Gasteiger partial charge on any atom is 0.273 e. The van der Waals surface area contributed by atoms with Gasteiger partial charge in [0.15, 0.2) is 0 Å². The second-order valence-corrected chi connectivity index (χ2v) is 4.16. The van der Waals surface area contributed by atoms with E-state index in [-0.39, 0.29) is 18.0 Å². The van der Waals surface area contributed by atoms with E-state index in [4.69, 9.17) is 11.6 Å². The van der Waals surface area contributed by atoms with Crippen molar-refractivity contribution < 1.29 is 22.9 Å². The zero-order chi connectivity index (χ0) is 15.3. The summed E-state index contributed by atoms with van der Waals surface area (Å²) in [4.78, 5) is 22.4. The number of hydrogen-bond donors (Lipinski definition) is 0. The Hall–Kier alpha value is -1.83. The lowest BCUT2D eigenvalue weighted by molar-refractivity contribution is -0.385. The van der Waals surface area contributed by atoms with Gasteiger partial charge in [-0.15, -0.1) is 11.6 Å². The number of rotatable bonds is 6. The highest BCUT2D eigenvalue weighted by molar-refractivity contribution is 6.18. The van der Waals surface area contributed by atoms with E-state index in [0.717, 1.165) is 17.0 Å². The van der Waals surface area contributed by atoms with E-state index in [9.17, 15) is 28.1 Å².